The molecule has 0 fully saturated rings. The molecule has 0 saturated carbocycles. The number of rotatable bonds is 5. The van der Waals surface area contributed by atoms with Crippen LogP contribution in [-0.2, 0) is 0 Å². The van der Waals surface area contributed by atoms with Crippen LogP contribution >= 0.6 is 11.6 Å². The summed E-state index contributed by atoms with van der Waals surface area (Å²) in [5.74, 6) is -0.0775. The van der Waals surface area contributed by atoms with E-state index in [-0.39, 0.29) is 11.9 Å². The first-order chi connectivity index (χ1) is 10.1. The third kappa shape index (κ3) is 3.99. The molecule has 0 saturated heterocycles. The molecule has 0 bridgehead atoms. The zero-order chi connectivity index (χ0) is 15.2. The number of hydrogen-bond donors (Lipinski definition) is 2. The van der Waals surface area contributed by atoms with Crippen LogP contribution in [-0.4, -0.2) is 13.0 Å². The van der Waals surface area contributed by atoms with Crippen LogP contribution in [0.2, 0.25) is 5.02 Å². The van der Waals surface area contributed by atoms with E-state index in [4.69, 9.17) is 11.6 Å². The summed E-state index contributed by atoms with van der Waals surface area (Å²) in [6, 6.07) is 15.5. The maximum Gasteiger partial charge on any atom is 0.251 e. The molecule has 21 heavy (non-hydrogen) atoms. The van der Waals surface area contributed by atoms with Gasteiger partial charge in [0.2, 0.25) is 0 Å². The van der Waals surface area contributed by atoms with E-state index in [2.05, 4.69) is 17.6 Å². The van der Waals surface area contributed by atoms with Crippen molar-refractivity contribution in [1.82, 2.24) is 5.32 Å². The van der Waals surface area contributed by atoms with Crippen LogP contribution in [0, 0.1) is 0 Å². The predicted octanol–water partition coefficient (Wildman–Crippen LogP) is 4.26. The van der Waals surface area contributed by atoms with Crippen molar-refractivity contribution in [2.45, 2.75) is 19.4 Å². The lowest BCUT2D eigenvalue weighted by Crippen LogP contribution is -2.17. The second-order valence-electron chi connectivity index (χ2n) is 4.81. The van der Waals surface area contributed by atoms with E-state index in [1.807, 2.05) is 48.5 Å². The van der Waals surface area contributed by atoms with Crippen molar-refractivity contribution in [1.29, 1.82) is 0 Å². The predicted molar refractivity (Wildman–Crippen MR) is 87.9 cm³/mol. The number of anilines is 1. The van der Waals surface area contributed by atoms with Crippen LogP contribution < -0.4 is 10.6 Å². The second-order valence-corrected chi connectivity index (χ2v) is 5.25. The number of carbonyl (C=O) groups is 1. The Morgan fingerprint density at radius 3 is 2.24 bits per heavy atom. The van der Waals surface area contributed by atoms with E-state index in [0.29, 0.717) is 5.56 Å². The highest BCUT2D eigenvalue weighted by Crippen LogP contribution is 2.24. The van der Waals surface area contributed by atoms with Crippen LogP contribution in [0.25, 0.3) is 0 Å². The number of carbonyl (C=O) groups excluding carboxylic acids is 1. The molecule has 0 aliphatic rings. The quantitative estimate of drug-likeness (QED) is 0.866. The third-order valence-electron chi connectivity index (χ3n) is 3.40. The Kier molecular flexibility index (Phi) is 5.23. The van der Waals surface area contributed by atoms with Gasteiger partial charge in [0, 0.05) is 23.3 Å². The molecule has 2 rings (SSSR count). The highest BCUT2D eigenvalue weighted by molar-refractivity contribution is 6.30. The van der Waals surface area contributed by atoms with E-state index in [9.17, 15) is 4.79 Å². The summed E-state index contributed by atoms with van der Waals surface area (Å²) < 4.78 is 0. The zero-order valence-corrected chi connectivity index (χ0v) is 12.9. The van der Waals surface area contributed by atoms with Gasteiger partial charge in [0.1, 0.15) is 0 Å². The molecule has 3 nitrogen and oxygen atoms in total. The van der Waals surface area contributed by atoms with Gasteiger partial charge >= 0.3 is 0 Å². The maximum absolute atomic E-state index is 11.5. The third-order valence-corrected chi connectivity index (χ3v) is 3.65. The molecule has 0 aliphatic carbocycles. The highest BCUT2D eigenvalue weighted by Gasteiger charge is 2.09. The largest absolute Gasteiger partial charge is 0.378 e. The number of halogens is 1. The average molecular weight is 303 g/mol. The SMILES string of the molecule is CCC(Nc1ccc(C(=O)NC)cc1)c1ccc(Cl)cc1. The van der Waals surface area contributed by atoms with Gasteiger partial charge in [-0.1, -0.05) is 30.7 Å². The van der Waals surface area contributed by atoms with Crippen LogP contribution in [0.1, 0.15) is 35.3 Å². The number of nitrogens with one attached hydrogen (secondary N) is 2. The van der Waals surface area contributed by atoms with Crippen LogP contribution in [0.3, 0.4) is 0 Å². The summed E-state index contributed by atoms with van der Waals surface area (Å²) in [6.45, 7) is 2.13. The Bertz CT molecular complexity index is 593. The van der Waals surface area contributed by atoms with E-state index < -0.39 is 0 Å². The number of amides is 1. The van der Waals surface area contributed by atoms with E-state index >= 15 is 0 Å². The summed E-state index contributed by atoms with van der Waals surface area (Å²) in [6.07, 6.45) is 0.957. The average Bonchev–Trinajstić information content (AvgIpc) is 2.53. The van der Waals surface area contributed by atoms with Crippen molar-refractivity contribution < 1.29 is 4.79 Å². The fourth-order valence-corrected chi connectivity index (χ4v) is 2.31. The summed E-state index contributed by atoms with van der Waals surface area (Å²) in [7, 11) is 1.63. The van der Waals surface area contributed by atoms with Crippen molar-refractivity contribution in [3.05, 3.63) is 64.7 Å². The topological polar surface area (TPSA) is 41.1 Å². The van der Waals surface area contributed by atoms with Gasteiger partial charge in [-0.05, 0) is 48.4 Å². The lowest BCUT2D eigenvalue weighted by Gasteiger charge is -2.19. The van der Waals surface area contributed by atoms with Gasteiger partial charge in [0.25, 0.3) is 5.91 Å². The normalized spacial score (nSPS) is 11.8. The summed E-state index contributed by atoms with van der Waals surface area (Å²) >= 11 is 5.92. The fourth-order valence-electron chi connectivity index (χ4n) is 2.18. The molecular formula is C17H19ClN2O. The maximum atomic E-state index is 11.5. The molecule has 2 N–H and O–H groups in total. The minimum Gasteiger partial charge on any atom is -0.378 e. The van der Waals surface area contributed by atoms with Gasteiger partial charge < -0.3 is 10.6 Å². The molecule has 110 valence electrons. The molecule has 1 amide bonds. The summed E-state index contributed by atoms with van der Waals surface area (Å²) in [4.78, 5) is 11.5. The van der Waals surface area contributed by atoms with Gasteiger partial charge in [-0.25, -0.2) is 0 Å². The van der Waals surface area contributed by atoms with Gasteiger partial charge in [0.15, 0.2) is 0 Å². The Labute approximate surface area is 130 Å². The van der Waals surface area contributed by atoms with Gasteiger partial charge in [-0.15, -0.1) is 0 Å². The van der Waals surface area contributed by atoms with Crippen molar-refractivity contribution in [3.63, 3.8) is 0 Å². The van der Waals surface area contributed by atoms with E-state index in [1.54, 1.807) is 7.05 Å². The lowest BCUT2D eigenvalue weighted by atomic mass is 10.0. The monoisotopic (exact) mass is 302 g/mol. The van der Waals surface area contributed by atoms with E-state index in [0.717, 1.165) is 17.1 Å². The molecule has 1 unspecified atom stereocenters. The van der Waals surface area contributed by atoms with Crippen molar-refractivity contribution in [2.24, 2.45) is 0 Å². The van der Waals surface area contributed by atoms with Crippen molar-refractivity contribution in [3.8, 4) is 0 Å². The van der Waals surface area contributed by atoms with Crippen LogP contribution in [0.5, 0.6) is 0 Å². The standard InChI is InChI=1S/C17H19ClN2O/c1-3-16(12-4-8-14(18)9-5-12)20-15-10-6-13(7-11-15)17(21)19-2/h4-11,16,20H,3H2,1-2H3,(H,19,21). The summed E-state index contributed by atoms with van der Waals surface area (Å²) in [5, 5.41) is 6.83. The second kappa shape index (κ2) is 7.14. The van der Waals surface area contributed by atoms with E-state index in [1.165, 1.54) is 5.56 Å². The van der Waals surface area contributed by atoms with Crippen molar-refractivity contribution in [2.75, 3.05) is 12.4 Å². The fraction of sp³-hybridized carbons (Fsp3) is 0.235. The molecule has 2 aromatic carbocycles. The van der Waals surface area contributed by atoms with Crippen LogP contribution in [0.4, 0.5) is 5.69 Å². The molecule has 1 atom stereocenters. The molecule has 0 heterocycles. The molecule has 2 aromatic rings. The minimum atomic E-state index is -0.0775. The van der Waals surface area contributed by atoms with Crippen LogP contribution in [0.15, 0.2) is 48.5 Å². The zero-order valence-electron chi connectivity index (χ0n) is 12.2. The number of hydrogen-bond acceptors (Lipinski definition) is 2. The first kappa shape index (κ1) is 15.4. The molecular weight excluding hydrogens is 284 g/mol. The molecule has 4 heteroatoms. The van der Waals surface area contributed by atoms with Gasteiger partial charge in [0.05, 0.1) is 6.04 Å². The van der Waals surface area contributed by atoms with Crippen molar-refractivity contribution >= 4 is 23.2 Å². The molecule has 0 aliphatic heterocycles. The first-order valence-corrected chi connectivity index (χ1v) is 7.36. The minimum absolute atomic E-state index is 0.0775. The van der Waals surface area contributed by atoms with Gasteiger partial charge in [-0.3, -0.25) is 4.79 Å². The Balaban J connectivity index is 2.11. The highest BCUT2D eigenvalue weighted by atomic mass is 35.5. The first-order valence-electron chi connectivity index (χ1n) is 6.98. The Morgan fingerprint density at radius 2 is 1.71 bits per heavy atom. The number of benzene rings is 2. The summed E-state index contributed by atoms with van der Waals surface area (Å²) in [5.41, 5.74) is 2.84. The van der Waals surface area contributed by atoms with Gasteiger partial charge in [-0.2, -0.15) is 0 Å². The lowest BCUT2D eigenvalue weighted by molar-refractivity contribution is 0.0963. The Morgan fingerprint density at radius 1 is 1.10 bits per heavy atom. The smallest absolute Gasteiger partial charge is 0.251 e. The Hall–Kier alpha value is -2.00. The molecule has 0 radical (unpaired) electrons. The molecule has 0 aromatic heterocycles. The molecule has 0 spiro atoms.